The van der Waals surface area contributed by atoms with Gasteiger partial charge in [0.25, 0.3) is 5.91 Å². The normalized spacial score (nSPS) is 25.6. The van der Waals surface area contributed by atoms with Gasteiger partial charge in [-0.05, 0) is 84.9 Å². The van der Waals surface area contributed by atoms with Crippen molar-refractivity contribution >= 4 is 17.5 Å². The van der Waals surface area contributed by atoms with Crippen molar-refractivity contribution < 1.29 is 34.7 Å². The summed E-state index contributed by atoms with van der Waals surface area (Å²) < 4.78 is 11.3. The monoisotopic (exact) mass is 665 g/mol. The van der Waals surface area contributed by atoms with Crippen LogP contribution in [0.2, 0.25) is 5.02 Å². The minimum Gasteiger partial charge on any atom is -0.490 e. The molecular formula is C36H44ClN3O7. The highest BCUT2D eigenvalue weighted by molar-refractivity contribution is 6.31. The predicted molar refractivity (Wildman–Crippen MR) is 177 cm³/mol. The fourth-order valence-electron chi connectivity index (χ4n) is 6.33. The van der Waals surface area contributed by atoms with Gasteiger partial charge >= 0.3 is 0 Å². The third-order valence-electron chi connectivity index (χ3n) is 9.68. The Morgan fingerprint density at radius 1 is 1.09 bits per heavy atom. The van der Waals surface area contributed by atoms with Crippen LogP contribution < -0.4 is 10.1 Å². The first-order valence-corrected chi connectivity index (χ1v) is 16.8. The molecular weight excluding hydrogens is 622 g/mol. The van der Waals surface area contributed by atoms with Crippen LogP contribution in [0.25, 0.3) is 11.1 Å². The van der Waals surface area contributed by atoms with E-state index in [1.165, 1.54) is 4.90 Å². The molecule has 11 heteroatoms. The molecule has 6 unspecified atom stereocenters. The SMILES string of the molecule is CC(CCCN(C)C(=O)C1OC(O)C(O)C(O)C1O)c1ccc(Cl)c(CNC2(c3cnccc3-c3ccccc3OC3CC3)CC2)c1. The number of aliphatic hydroxyl groups is 4. The van der Waals surface area contributed by atoms with Crippen LogP contribution in [-0.4, -0.2) is 86.6 Å². The summed E-state index contributed by atoms with van der Waals surface area (Å²) in [6.45, 7) is 3.12. The van der Waals surface area contributed by atoms with Gasteiger partial charge in [0.05, 0.1) is 6.10 Å². The van der Waals surface area contributed by atoms with E-state index in [1.807, 2.05) is 42.7 Å². The van der Waals surface area contributed by atoms with Crippen molar-refractivity contribution in [3.63, 3.8) is 0 Å². The molecule has 47 heavy (non-hydrogen) atoms. The fourth-order valence-corrected chi connectivity index (χ4v) is 6.51. The fraction of sp³-hybridized carbons (Fsp3) is 0.500. The molecule has 2 heterocycles. The summed E-state index contributed by atoms with van der Waals surface area (Å²) in [6.07, 6.45) is 1.56. The number of hydrogen-bond donors (Lipinski definition) is 5. The molecule has 1 aliphatic heterocycles. The molecule has 0 radical (unpaired) electrons. The predicted octanol–water partition coefficient (Wildman–Crippen LogP) is 3.86. The number of hydrogen-bond acceptors (Lipinski definition) is 9. The quantitative estimate of drug-likeness (QED) is 0.184. The maximum Gasteiger partial charge on any atom is 0.254 e. The van der Waals surface area contributed by atoms with Gasteiger partial charge in [0, 0.05) is 48.7 Å². The van der Waals surface area contributed by atoms with E-state index < -0.39 is 36.6 Å². The second kappa shape index (κ2) is 14.2. The zero-order chi connectivity index (χ0) is 33.3. The van der Waals surface area contributed by atoms with E-state index in [0.29, 0.717) is 30.6 Å². The van der Waals surface area contributed by atoms with Crippen LogP contribution in [-0.2, 0) is 21.6 Å². The third-order valence-corrected chi connectivity index (χ3v) is 10.0. The first-order valence-electron chi connectivity index (χ1n) is 16.4. The number of nitrogens with one attached hydrogen (secondary N) is 1. The number of amides is 1. The van der Waals surface area contributed by atoms with Crippen LogP contribution in [0.3, 0.4) is 0 Å². The molecule has 3 fully saturated rings. The van der Waals surface area contributed by atoms with Crippen LogP contribution in [0.5, 0.6) is 5.75 Å². The van der Waals surface area contributed by atoms with Crippen molar-refractivity contribution in [3.05, 3.63) is 82.6 Å². The lowest BCUT2D eigenvalue weighted by molar-refractivity contribution is -0.277. The molecule has 3 aromatic rings. The summed E-state index contributed by atoms with van der Waals surface area (Å²) in [7, 11) is 1.58. The summed E-state index contributed by atoms with van der Waals surface area (Å²) in [5.41, 5.74) is 5.34. The highest BCUT2D eigenvalue weighted by atomic mass is 35.5. The minimum absolute atomic E-state index is 0.188. The molecule has 252 valence electrons. The van der Waals surface area contributed by atoms with E-state index in [1.54, 1.807) is 7.05 Å². The Bertz CT molecular complexity index is 1570. The van der Waals surface area contributed by atoms with Crippen LogP contribution in [0.1, 0.15) is 68.1 Å². The number of likely N-dealkylation sites (N-methyl/N-ethyl adjacent to an activating group) is 1. The Balaban J connectivity index is 1.07. The van der Waals surface area contributed by atoms with Crippen molar-refractivity contribution in [2.24, 2.45) is 0 Å². The molecule has 5 N–H and O–H groups in total. The van der Waals surface area contributed by atoms with Gasteiger partial charge in [-0.2, -0.15) is 0 Å². The molecule has 3 aliphatic rings. The van der Waals surface area contributed by atoms with Crippen molar-refractivity contribution in [2.45, 2.75) is 100 Å². The number of para-hydroxylation sites is 1. The third kappa shape index (κ3) is 7.49. The molecule has 1 amide bonds. The van der Waals surface area contributed by atoms with Crippen LogP contribution in [0.4, 0.5) is 0 Å². The molecule has 1 saturated heterocycles. The maximum absolute atomic E-state index is 12.9. The summed E-state index contributed by atoms with van der Waals surface area (Å²) in [5.74, 6) is 0.531. The van der Waals surface area contributed by atoms with Gasteiger partial charge in [-0.25, -0.2) is 0 Å². The Hall–Kier alpha value is -3.09. The number of aliphatic hydroxyl groups excluding tert-OH is 4. The number of pyridine rings is 1. The molecule has 6 atom stereocenters. The number of carbonyl (C=O) groups is 1. The topological polar surface area (TPSA) is 145 Å². The average Bonchev–Trinajstić information content (AvgIpc) is 4.02. The number of carbonyl (C=O) groups excluding carboxylic acids is 1. The van der Waals surface area contributed by atoms with Gasteiger partial charge in [0.1, 0.15) is 24.1 Å². The number of benzene rings is 2. The van der Waals surface area contributed by atoms with E-state index in [0.717, 1.165) is 65.7 Å². The van der Waals surface area contributed by atoms with Crippen LogP contribution in [0, 0.1) is 0 Å². The molecule has 6 rings (SSSR count). The molecule has 0 spiro atoms. The largest absolute Gasteiger partial charge is 0.490 e. The first kappa shape index (κ1) is 33.8. The second-order valence-corrected chi connectivity index (χ2v) is 13.7. The van der Waals surface area contributed by atoms with Crippen LogP contribution >= 0.6 is 11.6 Å². The number of aromatic nitrogens is 1. The zero-order valence-corrected chi connectivity index (χ0v) is 27.5. The molecule has 2 saturated carbocycles. The lowest BCUT2D eigenvalue weighted by atomic mass is 9.93. The average molecular weight is 666 g/mol. The van der Waals surface area contributed by atoms with E-state index in [2.05, 4.69) is 35.4 Å². The molecule has 10 nitrogen and oxygen atoms in total. The lowest BCUT2D eigenvalue weighted by Crippen LogP contribution is -2.61. The maximum atomic E-state index is 12.9. The van der Waals surface area contributed by atoms with Gasteiger partial charge < -0.3 is 40.1 Å². The Morgan fingerprint density at radius 2 is 1.85 bits per heavy atom. The Labute approximate surface area is 280 Å². The number of rotatable bonds is 13. The van der Waals surface area contributed by atoms with Crippen molar-refractivity contribution in [3.8, 4) is 16.9 Å². The van der Waals surface area contributed by atoms with Crippen molar-refractivity contribution in [2.75, 3.05) is 13.6 Å². The Kier molecular flexibility index (Phi) is 10.2. The van der Waals surface area contributed by atoms with Gasteiger partial charge in [-0.3, -0.25) is 9.78 Å². The zero-order valence-electron chi connectivity index (χ0n) is 26.8. The van der Waals surface area contributed by atoms with Gasteiger partial charge in [-0.15, -0.1) is 0 Å². The number of nitrogens with zero attached hydrogens (tertiary/aromatic N) is 2. The summed E-state index contributed by atoms with van der Waals surface area (Å²) in [4.78, 5) is 18.8. The van der Waals surface area contributed by atoms with E-state index in [-0.39, 0.29) is 11.5 Å². The molecule has 2 aromatic carbocycles. The van der Waals surface area contributed by atoms with Crippen LogP contribution in [0.15, 0.2) is 60.9 Å². The first-order chi connectivity index (χ1) is 22.6. The van der Waals surface area contributed by atoms with Gasteiger partial charge in [0.2, 0.25) is 0 Å². The van der Waals surface area contributed by atoms with E-state index in [4.69, 9.17) is 21.1 Å². The summed E-state index contributed by atoms with van der Waals surface area (Å²) in [6, 6.07) is 16.4. The number of halogens is 1. The number of ether oxygens (including phenoxy) is 2. The minimum atomic E-state index is -1.76. The molecule has 1 aromatic heterocycles. The van der Waals surface area contributed by atoms with Gasteiger partial charge in [-0.1, -0.05) is 48.9 Å². The van der Waals surface area contributed by atoms with Crippen molar-refractivity contribution in [1.29, 1.82) is 0 Å². The standard InChI is InChI=1S/C36H44ClN3O7/c1-21(6-5-17-40(2)34(44)33-31(42)30(41)32(43)35(45)47-33)22-9-12-28(37)23(18-22)19-39-36(14-15-36)27-20-38-16-13-25(27)26-7-3-4-8-29(26)46-24-10-11-24/h3-4,7-9,12-13,16,18,20-21,24,30-33,35,39,41-43,45H,5-6,10-11,14-15,17,19H2,1-2H3. The van der Waals surface area contributed by atoms with E-state index >= 15 is 0 Å². The molecule has 2 aliphatic carbocycles. The second-order valence-electron chi connectivity index (χ2n) is 13.2. The van der Waals surface area contributed by atoms with E-state index in [9.17, 15) is 25.2 Å². The van der Waals surface area contributed by atoms with Crippen molar-refractivity contribution in [1.82, 2.24) is 15.2 Å². The highest BCUT2D eigenvalue weighted by Gasteiger charge is 2.47. The summed E-state index contributed by atoms with van der Waals surface area (Å²) in [5, 5.41) is 44.1. The Morgan fingerprint density at radius 3 is 2.60 bits per heavy atom. The lowest BCUT2D eigenvalue weighted by Gasteiger charge is -2.38. The van der Waals surface area contributed by atoms with Gasteiger partial charge in [0.15, 0.2) is 12.4 Å². The highest BCUT2D eigenvalue weighted by Crippen LogP contribution is 2.50. The molecule has 0 bridgehead atoms. The summed E-state index contributed by atoms with van der Waals surface area (Å²) >= 11 is 6.70. The smallest absolute Gasteiger partial charge is 0.254 e.